The van der Waals surface area contributed by atoms with E-state index >= 15 is 0 Å². The van der Waals surface area contributed by atoms with Crippen molar-refractivity contribution < 1.29 is 14.7 Å². The highest BCUT2D eigenvalue weighted by Crippen LogP contribution is 2.37. The predicted octanol–water partition coefficient (Wildman–Crippen LogP) is 6.98. The van der Waals surface area contributed by atoms with Crippen LogP contribution in [0.1, 0.15) is 105 Å². The normalized spacial score (nSPS) is 22.0. The summed E-state index contributed by atoms with van der Waals surface area (Å²) in [4.78, 5) is 31.5. The van der Waals surface area contributed by atoms with Gasteiger partial charge in [0, 0.05) is 22.9 Å². The molecular formula is C30H39N3O3S. The largest absolute Gasteiger partial charge is 0.480 e. The van der Waals surface area contributed by atoms with E-state index in [-0.39, 0.29) is 5.91 Å². The Morgan fingerprint density at radius 3 is 2.54 bits per heavy atom. The van der Waals surface area contributed by atoms with Gasteiger partial charge in [0.1, 0.15) is 11.9 Å². The summed E-state index contributed by atoms with van der Waals surface area (Å²) in [6.07, 6.45) is 13.0. The first-order chi connectivity index (χ1) is 18.0. The molecule has 2 heterocycles. The van der Waals surface area contributed by atoms with Gasteiger partial charge in [0.2, 0.25) is 0 Å². The van der Waals surface area contributed by atoms with Crippen LogP contribution in [0.4, 0.5) is 0 Å². The zero-order valence-electron chi connectivity index (χ0n) is 21.8. The summed E-state index contributed by atoms with van der Waals surface area (Å²) in [6, 6.07) is 9.47. The number of nitrogens with one attached hydrogen (secondary N) is 1. The lowest BCUT2D eigenvalue weighted by Gasteiger charge is -2.31. The van der Waals surface area contributed by atoms with Gasteiger partial charge in [-0.2, -0.15) is 0 Å². The molecule has 0 saturated heterocycles. The minimum atomic E-state index is -0.951. The lowest BCUT2D eigenvalue weighted by Crippen LogP contribution is -2.42. The van der Waals surface area contributed by atoms with Crippen molar-refractivity contribution in [3.05, 3.63) is 52.0 Å². The second-order valence-electron chi connectivity index (χ2n) is 11.1. The molecule has 198 valence electrons. The fraction of sp³-hybridized carbons (Fsp3) is 0.567. The van der Waals surface area contributed by atoms with Crippen molar-refractivity contribution in [3.63, 3.8) is 0 Å². The number of nitrogens with zero attached hydrogens (tertiary/aromatic N) is 2. The molecule has 2 aromatic heterocycles. The van der Waals surface area contributed by atoms with E-state index in [0.717, 1.165) is 55.4 Å². The fourth-order valence-electron chi connectivity index (χ4n) is 6.43. The molecule has 3 atom stereocenters. The van der Waals surface area contributed by atoms with E-state index in [1.165, 1.54) is 37.0 Å². The SMILES string of the molecule is CC1CCCCC1n1c(Cc2cccs2)nc2cc(C(=O)NC(CC3CCCCCC3)C(=O)O)ccc21. The van der Waals surface area contributed by atoms with Crippen molar-refractivity contribution in [1.29, 1.82) is 0 Å². The molecule has 2 saturated carbocycles. The fourth-order valence-corrected chi connectivity index (χ4v) is 7.13. The zero-order valence-corrected chi connectivity index (χ0v) is 22.6. The Hall–Kier alpha value is -2.67. The maximum atomic E-state index is 13.2. The van der Waals surface area contributed by atoms with Crippen LogP contribution in [-0.4, -0.2) is 32.6 Å². The monoisotopic (exact) mass is 521 g/mol. The van der Waals surface area contributed by atoms with E-state index in [2.05, 4.69) is 34.3 Å². The van der Waals surface area contributed by atoms with Crippen LogP contribution in [0, 0.1) is 11.8 Å². The third kappa shape index (κ3) is 6.08. The number of hydrogen-bond donors (Lipinski definition) is 2. The average Bonchev–Trinajstić information content (AvgIpc) is 3.44. The van der Waals surface area contributed by atoms with Gasteiger partial charge in [-0.1, -0.05) is 64.4 Å². The van der Waals surface area contributed by atoms with Gasteiger partial charge in [0.15, 0.2) is 0 Å². The number of benzene rings is 1. The Morgan fingerprint density at radius 2 is 1.84 bits per heavy atom. The summed E-state index contributed by atoms with van der Waals surface area (Å²) < 4.78 is 2.42. The first kappa shape index (κ1) is 26.0. The van der Waals surface area contributed by atoms with Crippen LogP contribution in [0.2, 0.25) is 0 Å². The van der Waals surface area contributed by atoms with Crippen molar-refractivity contribution in [3.8, 4) is 0 Å². The van der Waals surface area contributed by atoms with Gasteiger partial charge < -0.3 is 15.0 Å². The number of rotatable bonds is 8. The van der Waals surface area contributed by atoms with Gasteiger partial charge in [-0.15, -0.1) is 11.3 Å². The summed E-state index contributed by atoms with van der Waals surface area (Å²) in [6.45, 7) is 2.34. The second-order valence-corrected chi connectivity index (χ2v) is 12.2. The molecule has 6 nitrogen and oxygen atoms in total. The van der Waals surface area contributed by atoms with Crippen LogP contribution >= 0.6 is 11.3 Å². The van der Waals surface area contributed by atoms with Gasteiger partial charge in [-0.3, -0.25) is 4.79 Å². The molecule has 0 bridgehead atoms. The number of carboxylic acids is 1. The van der Waals surface area contributed by atoms with E-state index < -0.39 is 12.0 Å². The average molecular weight is 522 g/mol. The van der Waals surface area contributed by atoms with E-state index in [4.69, 9.17) is 4.98 Å². The number of aliphatic carboxylic acids is 1. The molecule has 0 radical (unpaired) electrons. The van der Waals surface area contributed by atoms with Gasteiger partial charge in [0.05, 0.1) is 11.0 Å². The molecule has 2 N–H and O–H groups in total. The molecule has 2 aliphatic carbocycles. The second kappa shape index (κ2) is 11.8. The van der Waals surface area contributed by atoms with E-state index in [9.17, 15) is 14.7 Å². The van der Waals surface area contributed by atoms with E-state index in [0.29, 0.717) is 29.9 Å². The van der Waals surface area contributed by atoms with E-state index in [1.807, 2.05) is 18.2 Å². The molecule has 7 heteroatoms. The topological polar surface area (TPSA) is 84.2 Å². The maximum Gasteiger partial charge on any atom is 0.326 e. The quantitative estimate of drug-likeness (QED) is 0.313. The Kier molecular flexibility index (Phi) is 8.28. The smallest absolute Gasteiger partial charge is 0.326 e. The minimum absolute atomic E-state index is 0.330. The third-order valence-corrected chi connectivity index (χ3v) is 9.36. The minimum Gasteiger partial charge on any atom is -0.480 e. The van der Waals surface area contributed by atoms with Crippen molar-refractivity contribution in [2.75, 3.05) is 0 Å². The van der Waals surface area contributed by atoms with Gasteiger partial charge in [-0.05, 0) is 60.7 Å². The van der Waals surface area contributed by atoms with E-state index in [1.54, 1.807) is 11.3 Å². The number of hydrogen-bond acceptors (Lipinski definition) is 4. The van der Waals surface area contributed by atoms with Crippen molar-refractivity contribution in [2.45, 2.75) is 96.1 Å². The molecule has 0 spiro atoms. The lowest BCUT2D eigenvalue weighted by molar-refractivity contribution is -0.139. The standard InChI is InChI=1S/C30H39N3O3S/c1-20-9-6-7-13-26(20)33-27-15-14-22(18-24(27)31-28(33)19-23-12-8-16-37-23)29(34)32-25(30(35)36)17-21-10-4-2-3-5-11-21/h8,12,14-16,18,20-21,25-26H,2-7,9-11,13,17,19H2,1H3,(H,32,34)(H,35,36). The van der Waals surface area contributed by atoms with Gasteiger partial charge in [-0.25, -0.2) is 9.78 Å². The summed E-state index contributed by atoms with van der Waals surface area (Å²) in [7, 11) is 0. The molecular weight excluding hydrogens is 482 g/mol. The van der Waals surface area contributed by atoms with Crippen LogP contribution < -0.4 is 5.32 Å². The molecule has 1 aromatic carbocycles. The number of amides is 1. The highest BCUT2D eigenvalue weighted by Gasteiger charge is 2.28. The van der Waals surface area contributed by atoms with Gasteiger partial charge in [0.25, 0.3) is 5.91 Å². The maximum absolute atomic E-state index is 13.2. The van der Waals surface area contributed by atoms with Crippen LogP contribution in [0.25, 0.3) is 11.0 Å². The molecule has 3 unspecified atom stereocenters. The molecule has 3 aromatic rings. The molecule has 2 fully saturated rings. The van der Waals surface area contributed by atoms with Crippen molar-refractivity contribution in [2.24, 2.45) is 11.8 Å². The number of fused-ring (bicyclic) bond motifs is 1. The summed E-state index contributed by atoms with van der Waals surface area (Å²) in [5.74, 6) is 0.706. The molecule has 2 aliphatic rings. The van der Waals surface area contributed by atoms with Crippen LogP contribution in [0.3, 0.4) is 0 Å². The van der Waals surface area contributed by atoms with Crippen molar-refractivity contribution >= 4 is 34.2 Å². The molecule has 37 heavy (non-hydrogen) atoms. The highest BCUT2D eigenvalue weighted by molar-refractivity contribution is 7.09. The first-order valence-electron chi connectivity index (χ1n) is 14.1. The first-order valence-corrected chi connectivity index (χ1v) is 14.9. The Balaban J connectivity index is 1.40. The van der Waals surface area contributed by atoms with Crippen LogP contribution in [0.15, 0.2) is 35.7 Å². The number of carboxylic acid groups (broad SMARTS) is 1. The Morgan fingerprint density at radius 1 is 1.08 bits per heavy atom. The van der Waals surface area contributed by atoms with Crippen molar-refractivity contribution in [1.82, 2.24) is 14.9 Å². The molecule has 5 rings (SSSR count). The lowest BCUT2D eigenvalue weighted by atomic mass is 9.85. The number of thiophene rings is 1. The Labute approximate surface area is 223 Å². The summed E-state index contributed by atoms with van der Waals surface area (Å²) in [5.41, 5.74) is 2.35. The summed E-state index contributed by atoms with van der Waals surface area (Å²) in [5, 5.41) is 14.8. The number of carbonyl (C=O) groups excluding carboxylic acids is 1. The van der Waals surface area contributed by atoms with Crippen LogP contribution in [-0.2, 0) is 11.2 Å². The number of aromatic nitrogens is 2. The highest BCUT2D eigenvalue weighted by atomic mass is 32.1. The Bertz CT molecular complexity index is 1210. The van der Waals surface area contributed by atoms with Crippen LogP contribution in [0.5, 0.6) is 0 Å². The molecule has 0 aliphatic heterocycles. The third-order valence-electron chi connectivity index (χ3n) is 8.48. The van der Waals surface area contributed by atoms with Gasteiger partial charge >= 0.3 is 5.97 Å². The summed E-state index contributed by atoms with van der Waals surface area (Å²) >= 11 is 1.74. The number of carbonyl (C=O) groups is 2. The zero-order chi connectivity index (χ0) is 25.8. The molecule has 1 amide bonds. The number of imidazole rings is 1. The predicted molar refractivity (Wildman–Crippen MR) is 148 cm³/mol.